The molecule has 104 valence electrons. The standard InChI is InChI=1S/C14H19ClN2OS/c15-13-7-6-12(19-13)14(18)17-9-2-1-5-11(17)10-4-3-8-16-10/h6-7,10-11,16H,1-5,8-9H2. The zero-order valence-corrected chi connectivity index (χ0v) is 12.5. The summed E-state index contributed by atoms with van der Waals surface area (Å²) in [6.07, 6.45) is 5.90. The zero-order valence-electron chi connectivity index (χ0n) is 10.9. The van der Waals surface area contributed by atoms with E-state index in [0.29, 0.717) is 16.4 Å². The van der Waals surface area contributed by atoms with Gasteiger partial charge in [-0.15, -0.1) is 11.3 Å². The molecule has 2 aliphatic rings. The van der Waals surface area contributed by atoms with Gasteiger partial charge in [0.05, 0.1) is 9.21 Å². The van der Waals surface area contributed by atoms with Crippen LogP contribution >= 0.6 is 22.9 Å². The lowest BCUT2D eigenvalue weighted by molar-refractivity contribution is 0.0568. The predicted octanol–water partition coefficient (Wildman–Crippen LogP) is 3.15. The molecule has 1 N–H and O–H groups in total. The second kappa shape index (κ2) is 5.81. The molecule has 0 saturated carbocycles. The van der Waals surface area contributed by atoms with Gasteiger partial charge in [0.1, 0.15) is 0 Å². The lowest BCUT2D eigenvalue weighted by Gasteiger charge is -2.39. The Morgan fingerprint density at radius 3 is 2.89 bits per heavy atom. The number of amides is 1. The van der Waals surface area contributed by atoms with Crippen LogP contribution in [0.3, 0.4) is 0 Å². The highest BCUT2D eigenvalue weighted by atomic mass is 35.5. The van der Waals surface area contributed by atoms with Crippen LogP contribution in [0.2, 0.25) is 4.34 Å². The van der Waals surface area contributed by atoms with E-state index in [4.69, 9.17) is 11.6 Å². The summed E-state index contributed by atoms with van der Waals surface area (Å²) in [6.45, 7) is 1.98. The van der Waals surface area contributed by atoms with Gasteiger partial charge < -0.3 is 10.2 Å². The topological polar surface area (TPSA) is 32.3 Å². The molecule has 0 radical (unpaired) electrons. The van der Waals surface area contributed by atoms with Crippen molar-refractivity contribution in [1.29, 1.82) is 0 Å². The number of piperidine rings is 1. The normalized spacial score (nSPS) is 27.7. The maximum absolute atomic E-state index is 12.6. The van der Waals surface area contributed by atoms with E-state index in [2.05, 4.69) is 10.2 Å². The van der Waals surface area contributed by atoms with E-state index in [-0.39, 0.29) is 5.91 Å². The summed E-state index contributed by atoms with van der Waals surface area (Å²) in [5, 5.41) is 3.55. The van der Waals surface area contributed by atoms with Gasteiger partial charge in [-0.05, 0) is 50.8 Å². The lowest BCUT2D eigenvalue weighted by Crippen LogP contribution is -2.52. The minimum absolute atomic E-state index is 0.162. The molecule has 0 bridgehead atoms. The Hall–Kier alpha value is -0.580. The maximum Gasteiger partial charge on any atom is 0.264 e. The second-order valence-corrected chi connectivity index (χ2v) is 7.08. The molecular formula is C14H19ClN2OS. The Labute approximate surface area is 122 Å². The van der Waals surface area contributed by atoms with Gasteiger partial charge in [-0.2, -0.15) is 0 Å². The first-order chi connectivity index (χ1) is 9.25. The van der Waals surface area contributed by atoms with Gasteiger partial charge in [0.25, 0.3) is 5.91 Å². The third-order valence-electron chi connectivity index (χ3n) is 4.16. The van der Waals surface area contributed by atoms with Crippen LogP contribution in [0.5, 0.6) is 0 Å². The van der Waals surface area contributed by atoms with Crippen molar-refractivity contribution in [3.8, 4) is 0 Å². The summed E-state index contributed by atoms with van der Waals surface area (Å²) in [7, 11) is 0. The summed E-state index contributed by atoms with van der Waals surface area (Å²) in [5.74, 6) is 0.162. The monoisotopic (exact) mass is 298 g/mol. The highest BCUT2D eigenvalue weighted by Gasteiger charge is 2.34. The van der Waals surface area contributed by atoms with Crippen LogP contribution < -0.4 is 5.32 Å². The summed E-state index contributed by atoms with van der Waals surface area (Å²) in [6, 6.07) is 4.51. The first-order valence-corrected chi connectivity index (χ1v) is 8.25. The number of carbonyl (C=O) groups is 1. The van der Waals surface area contributed by atoms with Crippen molar-refractivity contribution in [3.05, 3.63) is 21.3 Å². The molecule has 2 atom stereocenters. The quantitative estimate of drug-likeness (QED) is 0.910. The molecule has 5 heteroatoms. The number of hydrogen-bond acceptors (Lipinski definition) is 3. The van der Waals surface area contributed by atoms with Crippen molar-refractivity contribution in [3.63, 3.8) is 0 Å². The van der Waals surface area contributed by atoms with E-state index < -0.39 is 0 Å². The molecule has 2 unspecified atom stereocenters. The Balaban J connectivity index is 1.77. The van der Waals surface area contributed by atoms with Crippen LogP contribution in [0.1, 0.15) is 41.8 Å². The number of halogens is 1. The van der Waals surface area contributed by atoms with E-state index in [0.717, 1.165) is 30.8 Å². The van der Waals surface area contributed by atoms with Crippen molar-refractivity contribution in [2.24, 2.45) is 0 Å². The zero-order chi connectivity index (χ0) is 13.2. The summed E-state index contributed by atoms with van der Waals surface area (Å²) in [4.78, 5) is 15.5. The summed E-state index contributed by atoms with van der Waals surface area (Å²) < 4.78 is 0.691. The lowest BCUT2D eigenvalue weighted by atomic mass is 9.94. The molecule has 1 aromatic rings. The minimum atomic E-state index is 0.162. The molecule has 3 rings (SSSR count). The SMILES string of the molecule is O=C(c1ccc(Cl)s1)N1CCCCC1C1CCCN1. The van der Waals surface area contributed by atoms with Crippen LogP contribution in [0.25, 0.3) is 0 Å². The van der Waals surface area contributed by atoms with Crippen LogP contribution in [0.15, 0.2) is 12.1 Å². The molecule has 2 fully saturated rings. The third-order valence-corrected chi connectivity index (χ3v) is 5.38. The van der Waals surface area contributed by atoms with E-state index in [9.17, 15) is 4.79 Å². The molecule has 1 amide bonds. The van der Waals surface area contributed by atoms with Gasteiger partial charge in [-0.3, -0.25) is 4.79 Å². The van der Waals surface area contributed by atoms with Gasteiger partial charge in [0.2, 0.25) is 0 Å². The van der Waals surface area contributed by atoms with Crippen LogP contribution in [0.4, 0.5) is 0 Å². The molecule has 3 nitrogen and oxygen atoms in total. The molecule has 19 heavy (non-hydrogen) atoms. The average molecular weight is 299 g/mol. The number of likely N-dealkylation sites (tertiary alicyclic amines) is 1. The van der Waals surface area contributed by atoms with Crippen LogP contribution in [0, 0.1) is 0 Å². The summed E-state index contributed by atoms with van der Waals surface area (Å²) >= 11 is 7.33. The number of thiophene rings is 1. The molecule has 2 saturated heterocycles. The van der Waals surface area contributed by atoms with Gasteiger partial charge in [-0.1, -0.05) is 11.6 Å². The minimum Gasteiger partial charge on any atom is -0.333 e. The summed E-state index contributed by atoms with van der Waals surface area (Å²) in [5.41, 5.74) is 0. The van der Waals surface area contributed by atoms with Crippen molar-refractivity contribution < 1.29 is 4.79 Å². The van der Waals surface area contributed by atoms with Gasteiger partial charge >= 0.3 is 0 Å². The number of nitrogens with one attached hydrogen (secondary N) is 1. The van der Waals surface area contributed by atoms with Crippen molar-refractivity contribution >= 4 is 28.8 Å². The van der Waals surface area contributed by atoms with E-state index >= 15 is 0 Å². The fourth-order valence-electron chi connectivity index (χ4n) is 3.24. The van der Waals surface area contributed by atoms with Crippen LogP contribution in [-0.2, 0) is 0 Å². The smallest absolute Gasteiger partial charge is 0.264 e. The van der Waals surface area contributed by atoms with Gasteiger partial charge in [0.15, 0.2) is 0 Å². The number of carbonyl (C=O) groups excluding carboxylic acids is 1. The molecule has 0 aliphatic carbocycles. The highest BCUT2D eigenvalue weighted by Crippen LogP contribution is 2.28. The van der Waals surface area contributed by atoms with Gasteiger partial charge in [-0.25, -0.2) is 0 Å². The first-order valence-electron chi connectivity index (χ1n) is 7.05. The van der Waals surface area contributed by atoms with Gasteiger partial charge in [0, 0.05) is 18.6 Å². The Morgan fingerprint density at radius 2 is 2.21 bits per heavy atom. The molecule has 0 aromatic carbocycles. The molecular weight excluding hydrogens is 280 g/mol. The average Bonchev–Trinajstić information content (AvgIpc) is 3.09. The first kappa shape index (κ1) is 13.4. The second-order valence-electron chi connectivity index (χ2n) is 5.37. The molecule has 2 aliphatic heterocycles. The van der Waals surface area contributed by atoms with Crippen LogP contribution in [-0.4, -0.2) is 36.0 Å². The van der Waals surface area contributed by atoms with E-state index in [1.54, 1.807) is 0 Å². The third kappa shape index (κ3) is 2.81. The largest absolute Gasteiger partial charge is 0.333 e. The van der Waals surface area contributed by atoms with Crippen molar-refractivity contribution in [2.45, 2.75) is 44.2 Å². The maximum atomic E-state index is 12.6. The highest BCUT2D eigenvalue weighted by molar-refractivity contribution is 7.17. The van der Waals surface area contributed by atoms with Crippen molar-refractivity contribution in [2.75, 3.05) is 13.1 Å². The Morgan fingerprint density at radius 1 is 1.32 bits per heavy atom. The van der Waals surface area contributed by atoms with Crippen molar-refractivity contribution in [1.82, 2.24) is 10.2 Å². The molecule has 1 aromatic heterocycles. The Kier molecular flexibility index (Phi) is 4.10. The Bertz CT molecular complexity index is 456. The van der Waals surface area contributed by atoms with E-state index in [1.165, 1.54) is 30.6 Å². The molecule has 0 spiro atoms. The predicted molar refractivity (Wildman–Crippen MR) is 79.0 cm³/mol. The van der Waals surface area contributed by atoms with E-state index in [1.807, 2.05) is 12.1 Å². The number of hydrogen-bond donors (Lipinski definition) is 1. The fraction of sp³-hybridized carbons (Fsp3) is 0.643. The number of rotatable bonds is 2. The molecule has 3 heterocycles. The number of nitrogens with zero attached hydrogens (tertiary/aromatic N) is 1. The fourth-order valence-corrected chi connectivity index (χ4v) is 4.24.